The second-order valence-corrected chi connectivity index (χ2v) is 8.33. The second-order valence-electron chi connectivity index (χ2n) is 8.33. The van der Waals surface area contributed by atoms with Crippen LogP contribution in [0.1, 0.15) is 6.92 Å². The summed E-state index contributed by atoms with van der Waals surface area (Å²) < 4.78 is 28.3. The third-order valence-electron chi connectivity index (χ3n) is 5.94. The lowest BCUT2D eigenvalue weighted by molar-refractivity contribution is -0.121. The van der Waals surface area contributed by atoms with Crippen molar-refractivity contribution < 1.29 is 18.8 Å². The molecule has 5 N–H and O–H groups in total. The molecule has 3 aromatic rings. The molecule has 1 aliphatic rings. The van der Waals surface area contributed by atoms with Crippen LogP contribution in [0.3, 0.4) is 0 Å². The lowest BCUT2D eigenvalue weighted by Gasteiger charge is -2.34. The van der Waals surface area contributed by atoms with Gasteiger partial charge in [-0.3, -0.25) is 14.9 Å². The Kier molecular flexibility index (Phi) is 7.96. The van der Waals surface area contributed by atoms with Gasteiger partial charge in [0.1, 0.15) is 23.3 Å². The summed E-state index contributed by atoms with van der Waals surface area (Å²) in [7, 11) is 0. The molecule has 0 spiro atoms. The average molecular weight is 514 g/mol. The van der Waals surface area contributed by atoms with Crippen molar-refractivity contribution in [3.63, 3.8) is 0 Å². The number of hydrogen-bond acceptors (Lipinski definition) is 10. The van der Waals surface area contributed by atoms with Gasteiger partial charge in [-0.15, -0.1) is 0 Å². The molecule has 1 aliphatic heterocycles. The Morgan fingerprint density at radius 3 is 2.41 bits per heavy atom. The zero-order valence-electron chi connectivity index (χ0n) is 20.1. The predicted octanol–water partition coefficient (Wildman–Crippen LogP) is 2.89. The molecule has 1 aromatic carbocycles. The first kappa shape index (κ1) is 26.0. The van der Waals surface area contributed by atoms with Crippen LogP contribution < -0.4 is 26.5 Å². The molecule has 0 atom stereocenters. The number of likely N-dealkylation sites (N-methyl/N-ethyl adjacent to an activating group) is 1. The lowest BCUT2D eigenvalue weighted by Crippen LogP contribution is -2.50. The van der Waals surface area contributed by atoms with Crippen LogP contribution in [-0.2, 0) is 4.79 Å². The first-order valence-corrected chi connectivity index (χ1v) is 11.7. The highest BCUT2D eigenvalue weighted by Crippen LogP contribution is 2.33. The summed E-state index contributed by atoms with van der Waals surface area (Å²) in [5, 5.41) is 25.7. The summed E-state index contributed by atoms with van der Waals surface area (Å²) in [6.45, 7) is 4.83. The number of piperazine rings is 1. The number of anilines is 5. The molecule has 1 saturated heterocycles. The van der Waals surface area contributed by atoms with Gasteiger partial charge in [0, 0.05) is 37.8 Å². The largest absolute Gasteiger partial charge is 0.733 e. The van der Waals surface area contributed by atoms with Gasteiger partial charge in [0.05, 0.1) is 23.6 Å². The molecule has 0 radical (unpaired) electrons. The van der Waals surface area contributed by atoms with Gasteiger partial charge in [0.2, 0.25) is 5.91 Å². The Morgan fingerprint density at radius 2 is 1.78 bits per heavy atom. The van der Waals surface area contributed by atoms with Crippen molar-refractivity contribution in [1.82, 2.24) is 14.9 Å². The Balaban J connectivity index is 1.51. The van der Waals surface area contributed by atoms with Crippen molar-refractivity contribution in [2.75, 3.05) is 65.8 Å². The minimum Gasteiger partial charge on any atom is -0.733 e. The highest BCUT2D eigenvalue weighted by atomic mass is 19.1. The van der Waals surface area contributed by atoms with Crippen LogP contribution >= 0.6 is 0 Å². The van der Waals surface area contributed by atoms with Gasteiger partial charge in [-0.2, -0.15) is 0 Å². The second kappa shape index (κ2) is 11.3. The SMILES string of the molecule is CCN1CCN(c2ccc(NCCNc3ccc(N([O-])O)c(N)n3)nc2-c2ccc(F)cc2F)C(=O)C1. The van der Waals surface area contributed by atoms with E-state index in [1.165, 1.54) is 18.2 Å². The average Bonchev–Trinajstić information content (AvgIpc) is 2.86. The Bertz CT molecular complexity index is 1280. The molecule has 0 aliphatic carbocycles. The first-order valence-electron chi connectivity index (χ1n) is 11.7. The molecule has 1 amide bonds. The zero-order chi connectivity index (χ0) is 26.5. The predicted molar refractivity (Wildman–Crippen MR) is 137 cm³/mol. The van der Waals surface area contributed by atoms with Gasteiger partial charge in [-0.1, -0.05) is 6.92 Å². The third-order valence-corrected chi connectivity index (χ3v) is 5.94. The number of carbonyl (C=O) groups excluding carboxylic acids is 1. The lowest BCUT2D eigenvalue weighted by atomic mass is 10.1. The minimum absolute atomic E-state index is 0.0833. The van der Waals surface area contributed by atoms with E-state index in [0.29, 0.717) is 43.5 Å². The highest BCUT2D eigenvalue weighted by Gasteiger charge is 2.27. The van der Waals surface area contributed by atoms with Gasteiger partial charge >= 0.3 is 0 Å². The van der Waals surface area contributed by atoms with E-state index in [1.807, 2.05) is 11.8 Å². The topological polar surface area (TPSA) is 146 Å². The minimum atomic E-state index is -0.779. The fourth-order valence-electron chi connectivity index (χ4n) is 4.00. The van der Waals surface area contributed by atoms with E-state index in [2.05, 4.69) is 20.6 Å². The van der Waals surface area contributed by atoms with Crippen molar-refractivity contribution >= 4 is 34.7 Å². The van der Waals surface area contributed by atoms with Crippen LogP contribution in [0.2, 0.25) is 0 Å². The Morgan fingerprint density at radius 1 is 1.08 bits per heavy atom. The Labute approximate surface area is 212 Å². The van der Waals surface area contributed by atoms with Crippen molar-refractivity contribution in [2.24, 2.45) is 0 Å². The number of aromatic nitrogens is 2. The van der Waals surface area contributed by atoms with Crippen molar-refractivity contribution in [3.8, 4) is 11.3 Å². The summed E-state index contributed by atoms with van der Waals surface area (Å²) in [5.74, 6) is -0.921. The molecule has 13 heteroatoms. The molecular weight excluding hydrogens is 486 g/mol. The van der Waals surface area contributed by atoms with E-state index in [1.54, 1.807) is 17.0 Å². The molecule has 4 rings (SSSR count). The fourth-order valence-corrected chi connectivity index (χ4v) is 4.00. The molecule has 0 bridgehead atoms. The van der Waals surface area contributed by atoms with Crippen LogP contribution in [0.5, 0.6) is 0 Å². The van der Waals surface area contributed by atoms with Gasteiger partial charge in [0.25, 0.3) is 0 Å². The maximum absolute atomic E-state index is 14.8. The number of nitrogen functional groups attached to an aromatic ring is 1. The number of rotatable bonds is 9. The fraction of sp³-hybridized carbons (Fsp3) is 0.292. The number of benzene rings is 1. The van der Waals surface area contributed by atoms with E-state index < -0.39 is 11.6 Å². The number of nitrogens with two attached hydrogens (primary N) is 1. The summed E-state index contributed by atoms with van der Waals surface area (Å²) in [5.41, 5.74) is 6.25. The molecule has 196 valence electrons. The number of pyridine rings is 2. The Hall–Kier alpha value is -4.07. The molecule has 3 heterocycles. The molecule has 37 heavy (non-hydrogen) atoms. The quantitative estimate of drug-likeness (QED) is 0.249. The first-order chi connectivity index (χ1) is 17.8. The van der Waals surface area contributed by atoms with Crippen LogP contribution in [-0.4, -0.2) is 65.3 Å². The monoisotopic (exact) mass is 513 g/mol. The summed E-state index contributed by atoms with van der Waals surface area (Å²) in [6.07, 6.45) is 0. The summed E-state index contributed by atoms with van der Waals surface area (Å²) >= 11 is 0. The van der Waals surface area contributed by atoms with Crippen LogP contribution in [0.15, 0.2) is 42.5 Å². The standard InChI is InChI=1S/C24H27F2N8O3/c1-2-32-11-12-33(22(35)14-32)18-5-7-20(30-23(18)16-4-3-15(25)13-17(16)26)28-9-10-29-21-8-6-19(34(36)37)24(27)31-21/h3-8,13,36H,2,9-12,14H2,1H3,(H,28,30)(H3,27,29,31)/q-1. The smallest absolute Gasteiger partial charge is 0.241 e. The van der Waals surface area contributed by atoms with Gasteiger partial charge in [-0.25, -0.2) is 18.7 Å². The van der Waals surface area contributed by atoms with E-state index in [-0.39, 0.29) is 40.4 Å². The summed E-state index contributed by atoms with van der Waals surface area (Å²) in [4.78, 5) is 25.0. The number of amides is 1. The molecular formula is C24H27F2N8O3-. The van der Waals surface area contributed by atoms with Crippen LogP contribution in [0.25, 0.3) is 11.3 Å². The van der Waals surface area contributed by atoms with Gasteiger partial charge < -0.3 is 31.7 Å². The molecule has 1 fully saturated rings. The van der Waals surface area contributed by atoms with Crippen LogP contribution in [0, 0.1) is 16.8 Å². The van der Waals surface area contributed by atoms with Crippen molar-refractivity contribution in [2.45, 2.75) is 6.92 Å². The maximum Gasteiger partial charge on any atom is 0.241 e. The third kappa shape index (κ3) is 6.02. The van der Waals surface area contributed by atoms with Crippen molar-refractivity contribution in [1.29, 1.82) is 0 Å². The van der Waals surface area contributed by atoms with Gasteiger partial charge in [0.15, 0.2) is 5.82 Å². The molecule has 0 saturated carbocycles. The number of halogens is 2. The molecule has 0 unspecified atom stereocenters. The van der Waals surface area contributed by atoms with Gasteiger partial charge in [-0.05, 0) is 42.9 Å². The number of hydrogen-bond donors (Lipinski definition) is 4. The number of nitrogens with one attached hydrogen (secondary N) is 2. The number of carbonyl (C=O) groups is 1. The zero-order valence-corrected chi connectivity index (χ0v) is 20.1. The number of nitrogens with zero attached hydrogens (tertiary/aromatic N) is 5. The van der Waals surface area contributed by atoms with E-state index in [9.17, 15) is 18.8 Å². The molecule has 2 aromatic heterocycles. The summed E-state index contributed by atoms with van der Waals surface area (Å²) in [6, 6.07) is 9.46. The van der Waals surface area contributed by atoms with E-state index in [0.717, 1.165) is 18.7 Å². The molecule has 11 nitrogen and oxygen atoms in total. The van der Waals surface area contributed by atoms with Crippen LogP contribution in [0.4, 0.5) is 37.6 Å². The van der Waals surface area contributed by atoms with Crippen molar-refractivity contribution in [3.05, 3.63) is 59.3 Å². The van der Waals surface area contributed by atoms with E-state index >= 15 is 0 Å². The normalized spacial score (nSPS) is 14.1. The maximum atomic E-state index is 14.8. The highest BCUT2D eigenvalue weighted by molar-refractivity contribution is 5.99. The van der Waals surface area contributed by atoms with E-state index in [4.69, 9.17) is 10.9 Å².